The molecule has 3 nitrogen and oxygen atoms in total. The molecule has 1 aromatic heterocycles. The van der Waals surface area contributed by atoms with Crippen LogP contribution in [0.5, 0.6) is 0 Å². The van der Waals surface area contributed by atoms with Gasteiger partial charge in [-0.05, 0) is 23.6 Å². The third-order valence-corrected chi connectivity index (χ3v) is 5.51. The third-order valence-electron chi connectivity index (χ3n) is 3.04. The van der Waals surface area contributed by atoms with E-state index in [4.69, 9.17) is 4.74 Å². The van der Waals surface area contributed by atoms with Gasteiger partial charge in [-0.25, -0.2) is 0 Å². The molecule has 3 rings (SSSR count). The average molecular weight is 325 g/mol. The lowest BCUT2D eigenvalue weighted by Gasteiger charge is -2.00. The van der Waals surface area contributed by atoms with Crippen LogP contribution in [0.15, 0.2) is 18.2 Å². The quantitative estimate of drug-likeness (QED) is 0.798. The van der Waals surface area contributed by atoms with E-state index in [2.05, 4.69) is 51.3 Å². The van der Waals surface area contributed by atoms with E-state index in [9.17, 15) is 0 Å². The van der Waals surface area contributed by atoms with Crippen LogP contribution in [0.1, 0.15) is 34.3 Å². The lowest BCUT2D eigenvalue weighted by molar-refractivity contribution is 0.134. The van der Waals surface area contributed by atoms with Gasteiger partial charge in [-0.15, -0.1) is 10.2 Å². The first-order valence-corrected chi connectivity index (χ1v) is 7.68. The van der Waals surface area contributed by atoms with Crippen LogP contribution in [0.2, 0.25) is 0 Å². The molecule has 0 aliphatic carbocycles. The third kappa shape index (κ3) is 2.22. The minimum atomic E-state index is 0.307. The van der Waals surface area contributed by atoms with Gasteiger partial charge < -0.3 is 4.74 Å². The van der Waals surface area contributed by atoms with Gasteiger partial charge in [0.25, 0.3) is 0 Å². The highest BCUT2D eigenvalue weighted by atomic mass is 79.9. The fraction of sp³-hybridized carbons (Fsp3) is 0.385. The highest BCUT2D eigenvalue weighted by Crippen LogP contribution is 2.34. The highest BCUT2D eigenvalue weighted by Gasteiger charge is 2.16. The highest BCUT2D eigenvalue weighted by molar-refractivity contribution is 9.09. The molecule has 0 saturated heterocycles. The molecule has 0 saturated carbocycles. The Kier molecular flexibility index (Phi) is 3.46. The Morgan fingerprint density at radius 3 is 3.00 bits per heavy atom. The zero-order valence-corrected chi connectivity index (χ0v) is 12.4. The maximum atomic E-state index is 5.43. The fourth-order valence-electron chi connectivity index (χ4n) is 1.96. The van der Waals surface area contributed by atoms with Crippen LogP contribution < -0.4 is 0 Å². The van der Waals surface area contributed by atoms with Gasteiger partial charge in [-0.2, -0.15) is 0 Å². The van der Waals surface area contributed by atoms with Crippen LogP contribution in [0.3, 0.4) is 0 Å². The number of fused-ring (bicyclic) bond motifs is 1. The van der Waals surface area contributed by atoms with Crippen molar-refractivity contribution in [3.05, 3.63) is 34.3 Å². The number of hydrogen-bond donors (Lipinski definition) is 0. The van der Waals surface area contributed by atoms with Crippen molar-refractivity contribution in [3.63, 3.8) is 0 Å². The summed E-state index contributed by atoms with van der Waals surface area (Å²) in [5.41, 5.74) is 3.70. The Balaban J connectivity index is 1.92. The number of halogens is 1. The van der Waals surface area contributed by atoms with Crippen molar-refractivity contribution < 1.29 is 4.74 Å². The molecule has 0 spiro atoms. The molecule has 0 fully saturated rings. The van der Waals surface area contributed by atoms with Crippen molar-refractivity contribution in [2.24, 2.45) is 0 Å². The lowest BCUT2D eigenvalue weighted by Crippen LogP contribution is -1.85. The first-order valence-electron chi connectivity index (χ1n) is 5.95. The van der Waals surface area contributed by atoms with E-state index in [1.807, 2.05) is 0 Å². The standard InChI is InChI=1S/C13H13BrN2OS/c1-2-11(14)13-16-15-12(18-13)8-3-4-9-6-17-7-10(9)5-8/h3-5,11H,2,6-7H2,1H3. The summed E-state index contributed by atoms with van der Waals surface area (Å²) in [6.45, 7) is 3.58. The number of ether oxygens (including phenoxy) is 1. The molecule has 1 atom stereocenters. The maximum Gasteiger partial charge on any atom is 0.147 e. The fourth-order valence-corrected chi connectivity index (χ4v) is 3.23. The Hall–Kier alpha value is -0.780. The van der Waals surface area contributed by atoms with E-state index >= 15 is 0 Å². The second-order valence-corrected chi connectivity index (χ2v) is 6.41. The molecule has 5 heteroatoms. The van der Waals surface area contributed by atoms with E-state index in [0.717, 1.165) is 28.6 Å². The first-order chi connectivity index (χ1) is 8.78. The molecule has 2 heterocycles. The van der Waals surface area contributed by atoms with E-state index in [-0.39, 0.29) is 0 Å². The number of aromatic nitrogens is 2. The smallest absolute Gasteiger partial charge is 0.147 e. The second-order valence-electron chi connectivity index (χ2n) is 4.30. The van der Waals surface area contributed by atoms with Crippen molar-refractivity contribution in [1.29, 1.82) is 0 Å². The molecule has 1 unspecified atom stereocenters. The lowest BCUT2D eigenvalue weighted by atomic mass is 10.1. The summed E-state index contributed by atoms with van der Waals surface area (Å²) in [6, 6.07) is 6.40. The van der Waals surface area contributed by atoms with Gasteiger partial charge in [0, 0.05) is 5.56 Å². The van der Waals surface area contributed by atoms with Gasteiger partial charge in [0.05, 0.1) is 18.0 Å². The maximum absolute atomic E-state index is 5.43. The van der Waals surface area contributed by atoms with Crippen molar-refractivity contribution in [1.82, 2.24) is 10.2 Å². The predicted molar refractivity (Wildman–Crippen MR) is 75.8 cm³/mol. The molecular weight excluding hydrogens is 312 g/mol. The molecule has 0 bridgehead atoms. The minimum Gasteiger partial charge on any atom is -0.372 e. The largest absolute Gasteiger partial charge is 0.372 e. The number of benzene rings is 1. The summed E-state index contributed by atoms with van der Waals surface area (Å²) in [6.07, 6.45) is 1.02. The minimum absolute atomic E-state index is 0.307. The van der Waals surface area contributed by atoms with Crippen LogP contribution in [-0.4, -0.2) is 10.2 Å². The molecule has 94 valence electrons. The van der Waals surface area contributed by atoms with Crippen LogP contribution in [-0.2, 0) is 18.0 Å². The topological polar surface area (TPSA) is 35.0 Å². The number of nitrogens with zero attached hydrogens (tertiary/aromatic N) is 2. The molecular formula is C13H13BrN2OS. The summed E-state index contributed by atoms with van der Waals surface area (Å²) in [5.74, 6) is 0. The second kappa shape index (κ2) is 5.07. The molecule has 0 amide bonds. The van der Waals surface area contributed by atoms with Gasteiger partial charge in [0.2, 0.25) is 0 Å². The van der Waals surface area contributed by atoms with Crippen molar-refractivity contribution in [2.45, 2.75) is 31.4 Å². The van der Waals surface area contributed by atoms with Crippen LogP contribution in [0.4, 0.5) is 0 Å². The van der Waals surface area contributed by atoms with Gasteiger partial charge in [0.15, 0.2) is 0 Å². The Bertz CT molecular complexity index is 570. The number of alkyl halides is 1. The average Bonchev–Trinajstić information content (AvgIpc) is 3.05. The van der Waals surface area contributed by atoms with E-state index in [0.29, 0.717) is 11.4 Å². The predicted octanol–water partition coefficient (Wildman–Crippen LogP) is 4.08. The van der Waals surface area contributed by atoms with Crippen LogP contribution >= 0.6 is 27.3 Å². The van der Waals surface area contributed by atoms with Crippen LogP contribution in [0, 0.1) is 0 Å². The zero-order valence-electron chi connectivity index (χ0n) is 10.0. The molecule has 2 aromatic rings. The molecule has 18 heavy (non-hydrogen) atoms. The van der Waals surface area contributed by atoms with Crippen molar-refractivity contribution in [3.8, 4) is 10.6 Å². The van der Waals surface area contributed by atoms with E-state index in [1.54, 1.807) is 11.3 Å². The van der Waals surface area contributed by atoms with Crippen molar-refractivity contribution in [2.75, 3.05) is 0 Å². The summed E-state index contributed by atoms with van der Waals surface area (Å²) < 4.78 is 5.43. The first kappa shape index (κ1) is 12.3. The number of hydrogen-bond acceptors (Lipinski definition) is 4. The van der Waals surface area contributed by atoms with E-state index < -0.39 is 0 Å². The van der Waals surface area contributed by atoms with Gasteiger partial charge >= 0.3 is 0 Å². The Morgan fingerprint density at radius 1 is 1.33 bits per heavy atom. The van der Waals surface area contributed by atoms with E-state index in [1.165, 1.54) is 11.1 Å². The van der Waals surface area contributed by atoms with Gasteiger partial charge in [-0.3, -0.25) is 0 Å². The molecule has 0 radical (unpaired) electrons. The number of rotatable bonds is 3. The SMILES string of the molecule is CCC(Br)c1nnc(-c2ccc3c(c2)COC3)s1. The zero-order chi connectivity index (χ0) is 12.5. The molecule has 1 aliphatic rings. The van der Waals surface area contributed by atoms with Gasteiger partial charge in [-0.1, -0.05) is 46.3 Å². The Morgan fingerprint density at radius 2 is 2.17 bits per heavy atom. The summed E-state index contributed by atoms with van der Waals surface area (Å²) in [4.78, 5) is 0.307. The monoisotopic (exact) mass is 324 g/mol. The summed E-state index contributed by atoms with van der Waals surface area (Å²) in [7, 11) is 0. The van der Waals surface area contributed by atoms with Crippen LogP contribution in [0.25, 0.3) is 10.6 Å². The Labute approximate surface area is 118 Å². The summed E-state index contributed by atoms with van der Waals surface area (Å²) in [5, 5.41) is 10.6. The molecule has 0 N–H and O–H groups in total. The normalized spacial score (nSPS) is 15.7. The molecule has 1 aliphatic heterocycles. The molecule has 1 aromatic carbocycles. The van der Waals surface area contributed by atoms with Crippen molar-refractivity contribution >= 4 is 27.3 Å². The van der Waals surface area contributed by atoms with Gasteiger partial charge in [0.1, 0.15) is 10.0 Å². The summed E-state index contributed by atoms with van der Waals surface area (Å²) >= 11 is 5.26.